The van der Waals surface area contributed by atoms with E-state index in [1.807, 2.05) is 0 Å². The summed E-state index contributed by atoms with van der Waals surface area (Å²) in [5, 5.41) is 11.4. The SMILES string of the molecule is COc1cc(C[NH+]2CCN(c3ncccn3)CC2)c([N+](=O)[O-])cc1OC. The van der Waals surface area contributed by atoms with E-state index >= 15 is 0 Å². The zero-order chi connectivity index (χ0) is 18.5. The molecule has 1 N–H and O–H groups in total. The number of piperazine rings is 1. The molecule has 2 aromatic rings. The molecule has 0 atom stereocenters. The fourth-order valence-corrected chi connectivity index (χ4v) is 3.15. The highest BCUT2D eigenvalue weighted by molar-refractivity contribution is 5.54. The predicted octanol–water partition coefficient (Wildman–Crippen LogP) is 0.307. The number of benzene rings is 1. The molecule has 0 radical (unpaired) electrons. The number of nitrogens with one attached hydrogen (secondary N) is 1. The third-order valence-electron chi connectivity index (χ3n) is 4.53. The molecule has 0 aliphatic carbocycles. The molecule has 9 heteroatoms. The van der Waals surface area contributed by atoms with Gasteiger partial charge in [0.25, 0.3) is 5.69 Å². The van der Waals surface area contributed by atoms with Gasteiger partial charge in [0, 0.05) is 12.4 Å². The fraction of sp³-hybridized carbons (Fsp3) is 0.412. The quantitative estimate of drug-likeness (QED) is 0.585. The Labute approximate surface area is 151 Å². The number of hydrogen-bond acceptors (Lipinski definition) is 7. The monoisotopic (exact) mass is 360 g/mol. The molecule has 2 heterocycles. The Balaban J connectivity index is 1.72. The number of hydrogen-bond donors (Lipinski definition) is 1. The van der Waals surface area contributed by atoms with Crippen LogP contribution in [-0.2, 0) is 6.54 Å². The minimum absolute atomic E-state index is 0.0592. The second-order valence-electron chi connectivity index (χ2n) is 6.06. The van der Waals surface area contributed by atoms with Gasteiger partial charge < -0.3 is 19.3 Å². The van der Waals surface area contributed by atoms with Gasteiger partial charge in [0.05, 0.1) is 57.0 Å². The van der Waals surface area contributed by atoms with Crippen LogP contribution in [0, 0.1) is 10.1 Å². The molecule has 0 amide bonds. The summed E-state index contributed by atoms with van der Waals surface area (Å²) < 4.78 is 10.5. The summed E-state index contributed by atoms with van der Waals surface area (Å²) in [6, 6.07) is 4.93. The van der Waals surface area contributed by atoms with E-state index in [9.17, 15) is 10.1 Å². The fourth-order valence-electron chi connectivity index (χ4n) is 3.15. The highest BCUT2D eigenvalue weighted by atomic mass is 16.6. The number of methoxy groups -OCH3 is 2. The lowest BCUT2D eigenvalue weighted by molar-refractivity contribution is -0.914. The van der Waals surface area contributed by atoms with Gasteiger partial charge in [-0.25, -0.2) is 9.97 Å². The number of nitro benzene ring substituents is 1. The molecular formula is C17H22N5O4+. The van der Waals surface area contributed by atoms with E-state index in [2.05, 4.69) is 14.9 Å². The summed E-state index contributed by atoms with van der Waals surface area (Å²) >= 11 is 0. The van der Waals surface area contributed by atoms with Crippen LogP contribution in [0.15, 0.2) is 30.6 Å². The minimum atomic E-state index is -0.370. The van der Waals surface area contributed by atoms with Gasteiger partial charge in [0.2, 0.25) is 5.95 Å². The largest absolute Gasteiger partial charge is 0.493 e. The molecule has 138 valence electrons. The third kappa shape index (κ3) is 3.83. The lowest BCUT2D eigenvalue weighted by Crippen LogP contribution is -3.13. The van der Waals surface area contributed by atoms with Crippen LogP contribution < -0.4 is 19.3 Å². The van der Waals surface area contributed by atoms with Gasteiger partial charge in [-0.1, -0.05) is 0 Å². The number of quaternary nitrogens is 1. The summed E-state index contributed by atoms with van der Waals surface area (Å²) in [4.78, 5) is 23.0. The van der Waals surface area contributed by atoms with Gasteiger partial charge in [-0.2, -0.15) is 0 Å². The van der Waals surface area contributed by atoms with Crippen molar-refractivity contribution in [3.63, 3.8) is 0 Å². The normalized spacial score (nSPS) is 14.9. The van der Waals surface area contributed by atoms with Crippen molar-refractivity contribution in [2.75, 3.05) is 45.3 Å². The Kier molecular flexibility index (Phi) is 5.47. The Hall–Kier alpha value is -2.94. The predicted molar refractivity (Wildman–Crippen MR) is 94.8 cm³/mol. The van der Waals surface area contributed by atoms with Gasteiger partial charge in [0.15, 0.2) is 11.5 Å². The van der Waals surface area contributed by atoms with Crippen molar-refractivity contribution >= 4 is 11.6 Å². The van der Waals surface area contributed by atoms with Gasteiger partial charge in [-0.15, -0.1) is 0 Å². The molecule has 0 unspecified atom stereocenters. The van der Waals surface area contributed by atoms with Crippen molar-refractivity contribution in [3.8, 4) is 11.5 Å². The first-order valence-corrected chi connectivity index (χ1v) is 8.37. The van der Waals surface area contributed by atoms with Gasteiger partial charge in [-0.05, 0) is 12.1 Å². The van der Waals surface area contributed by atoms with Crippen molar-refractivity contribution in [1.82, 2.24) is 9.97 Å². The van der Waals surface area contributed by atoms with Crippen molar-refractivity contribution < 1.29 is 19.3 Å². The van der Waals surface area contributed by atoms with E-state index in [0.717, 1.165) is 32.1 Å². The average molecular weight is 360 g/mol. The molecule has 1 aromatic heterocycles. The van der Waals surface area contributed by atoms with Crippen LogP contribution in [0.2, 0.25) is 0 Å². The number of nitro groups is 1. The van der Waals surface area contributed by atoms with E-state index in [-0.39, 0.29) is 10.6 Å². The van der Waals surface area contributed by atoms with Gasteiger partial charge >= 0.3 is 0 Å². The first kappa shape index (κ1) is 17.9. The Bertz CT molecular complexity index is 763. The topological polar surface area (TPSA) is 95.1 Å². The van der Waals surface area contributed by atoms with Crippen LogP contribution in [0.3, 0.4) is 0 Å². The molecule has 26 heavy (non-hydrogen) atoms. The standard InChI is InChI=1S/C17H21N5O4/c1-25-15-10-13(14(22(23)24)11-16(15)26-2)12-20-6-8-21(9-7-20)17-18-4-3-5-19-17/h3-5,10-11H,6-9,12H2,1-2H3/p+1. The Morgan fingerprint density at radius 1 is 1.15 bits per heavy atom. The number of nitrogens with zero attached hydrogens (tertiary/aromatic N) is 4. The van der Waals surface area contributed by atoms with E-state index in [1.54, 1.807) is 24.5 Å². The number of anilines is 1. The van der Waals surface area contributed by atoms with E-state index < -0.39 is 0 Å². The number of ether oxygens (including phenoxy) is 2. The van der Waals surface area contributed by atoms with Crippen LogP contribution in [0.1, 0.15) is 5.56 Å². The van der Waals surface area contributed by atoms with E-state index in [1.165, 1.54) is 25.2 Å². The van der Waals surface area contributed by atoms with Gasteiger partial charge in [0.1, 0.15) is 6.54 Å². The molecule has 0 bridgehead atoms. The number of rotatable bonds is 6. The van der Waals surface area contributed by atoms with Crippen LogP contribution in [0.25, 0.3) is 0 Å². The summed E-state index contributed by atoms with van der Waals surface area (Å²) in [6.07, 6.45) is 3.46. The molecule has 0 spiro atoms. The minimum Gasteiger partial charge on any atom is -0.493 e. The highest BCUT2D eigenvalue weighted by Crippen LogP contribution is 2.34. The Morgan fingerprint density at radius 2 is 1.77 bits per heavy atom. The second-order valence-corrected chi connectivity index (χ2v) is 6.06. The molecular weight excluding hydrogens is 338 g/mol. The zero-order valence-corrected chi connectivity index (χ0v) is 14.8. The molecule has 1 aliphatic rings. The highest BCUT2D eigenvalue weighted by Gasteiger charge is 2.26. The summed E-state index contributed by atoms with van der Waals surface area (Å²) in [6.45, 7) is 3.87. The number of aromatic nitrogens is 2. The summed E-state index contributed by atoms with van der Waals surface area (Å²) in [5.41, 5.74) is 0.705. The van der Waals surface area contributed by atoms with E-state index in [4.69, 9.17) is 9.47 Å². The first-order valence-electron chi connectivity index (χ1n) is 8.37. The van der Waals surface area contributed by atoms with Crippen molar-refractivity contribution in [1.29, 1.82) is 0 Å². The smallest absolute Gasteiger partial charge is 0.282 e. The maximum absolute atomic E-state index is 11.4. The lowest BCUT2D eigenvalue weighted by Gasteiger charge is -2.32. The van der Waals surface area contributed by atoms with Crippen LogP contribution in [0.5, 0.6) is 11.5 Å². The van der Waals surface area contributed by atoms with Gasteiger partial charge in [-0.3, -0.25) is 10.1 Å². The summed E-state index contributed by atoms with van der Waals surface area (Å²) in [7, 11) is 3.00. The molecule has 9 nitrogen and oxygen atoms in total. The summed E-state index contributed by atoms with van der Waals surface area (Å²) in [5.74, 6) is 1.59. The Morgan fingerprint density at radius 3 is 2.35 bits per heavy atom. The van der Waals surface area contributed by atoms with Crippen LogP contribution in [-0.4, -0.2) is 55.3 Å². The average Bonchev–Trinajstić information content (AvgIpc) is 2.68. The van der Waals surface area contributed by atoms with Crippen LogP contribution in [0.4, 0.5) is 11.6 Å². The third-order valence-corrected chi connectivity index (χ3v) is 4.53. The molecule has 1 aromatic carbocycles. The molecule has 1 saturated heterocycles. The maximum atomic E-state index is 11.4. The van der Waals surface area contributed by atoms with Crippen molar-refractivity contribution in [2.24, 2.45) is 0 Å². The molecule has 3 rings (SSSR count). The van der Waals surface area contributed by atoms with E-state index in [0.29, 0.717) is 23.6 Å². The zero-order valence-electron chi connectivity index (χ0n) is 14.8. The van der Waals surface area contributed by atoms with Crippen LogP contribution >= 0.6 is 0 Å². The molecule has 1 fully saturated rings. The van der Waals surface area contributed by atoms with Crippen molar-refractivity contribution in [2.45, 2.75) is 6.54 Å². The first-order chi connectivity index (χ1) is 12.6. The maximum Gasteiger partial charge on any atom is 0.282 e. The van der Waals surface area contributed by atoms with Crippen molar-refractivity contribution in [3.05, 3.63) is 46.3 Å². The molecule has 0 saturated carbocycles. The molecule has 1 aliphatic heterocycles. The second kappa shape index (κ2) is 7.96. The lowest BCUT2D eigenvalue weighted by atomic mass is 10.1.